The van der Waals surface area contributed by atoms with Gasteiger partial charge >= 0.3 is 0 Å². The molecule has 30 heavy (non-hydrogen) atoms. The van der Waals surface area contributed by atoms with Crippen molar-refractivity contribution in [2.24, 2.45) is 10.9 Å². The third kappa shape index (κ3) is 6.71. The minimum absolute atomic E-state index is 0.0486. The number of rotatable bonds is 7. The van der Waals surface area contributed by atoms with Gasteiger partial charge in [0.25, 0.3) is 0 Å². The molecule has 2 atom stereocenters. The Balaban J connectivity index is 1.62. The minimum Gasteiger partial charge on any atom is -0.375 e. The van der Waals surface area contributed by atoms with E-state index >= 15 is 0 Å². The molecule has 2 aliphatic heterocycles. The predicted octanol–water partition coefficient (Wildman–Crippen LogP) is 3.02. The van der Waals surface area contributed by atoms with Gasteiger partial charge in [0.05, 0.1) is 19.3 Å². The molecular weight excluding hydrogens is 380 g/mol. The van der Waals surface area contributed by atoms with Crippen LogP contribution in [0, 0.1) is 5.92 Å². The number of hydrogen-bond donors (Lipinski definition) is 2. The van der Waals surface area contributed by atoms with Crippen molar-refractivity contribution in [3.05, 3.63) is 29.8 Å². The molecule has 1 aromatic rings. The van der Waals surface area contributed by atoms with Crippen molar-refractivity contribution in [2.45, 2.75) is 58.8 Å². The van der Waals surface area contributed by atoms with Gasteiger partial charge < -0.3 is 25.0 Å². The SMILES string of the molecule is CCNC(=NCc1cccc(NC(=O)CC(C)C)c1)N1CCOC(C2CCCO2)C1. The summed E-state index contributed by atoms with van der Waals surface area (Å²) in [5, 5.41) is 6.39. The summed E-state index contributed by atoms with van der Waals surface area (Å²) in [4.78, 5) is 19.2. The van der Waals surface area contributed by atoms with E-state index in [1.165, 1.54) is 0 Å². The quantitative estimate of drug-likeness (QED) is 0.528. The van der Waals surface area contributed by atoms with Crippen molar-refractivity contribution in [2.75, 3.05) is 38.2 Å². The number of guanidine groups is 1. The monoisotopic (exact) mass is 416 g/mol. The highest BCUT2D eigenvalue weighted by atomic mass is 16.5. The number of morpholine rings is 1. The first-order valence-electron chi connectivity index (χ1n) is 11.2. The fourth-order valence-corrected chi connectivity index (χ4v) is 3.91. The highest BCUT2D eigenvalue weighted by Crippen LogP contribution is 2.21. The topological polar surface area (TPSA) is 75.2 Å². The van der Waals surface area contributed by atoms with Crippen LogP contribution in [0.1, 0.15) is 45.6 Å². The molecule has 2 heterocycles. The van der Waals surface area contributed by atoms with E-state index in [2.05, 4.69) is 22.5 Å². The molecule has 0 radical (unpaired) electrons. The van der Waals surface area contributed by atoms with Crippen LogP contribution in [0.5, 0.6) is 0 Å². The Bertz CT molecular complexity index is 716. The number of aliphatic imine (C=N–C) groups is 1. The number of nitrogens with zero attached hydrogens (tertiary/aromatic N) is 2. The highest BCUT2D eigenvalue weighted by molar-refractivity contribution is 5.90. The second-order valence-electron chi connectivity index (χ2n) is 8.42. The molecular formula is C23H36N4O3. The summed E-state index contributed by atoms with van der Waals surface area (Å²) in [7, 11) is 0. The summed E-state index contributed by atoms with van der Waals surface area (Å²) in [5.74, 6) is 1.29. The van der Waals surface area contributed by atoms with Crippen LogP contribution in [0.15, 0.2) is 29.3 Å². The Labute approximate surface area is 180 Å². The lowest BCUT2D eigenvalue weighted by molar-refractivity contribution is -0.116. The molecule has 7 heteroatoms. The van der Waals surface area contributed by atoms with Crippen LogP contribution in [-0.2, 0) is 20.8 Å². The van der Waals surface area contributed by atoms with Gasteiger partial charge in [-0.3, -0.25) is 4.79 Å². The first-order chi connectivity index (χ1) is 14.5. The molecule has 2 unspecified atom stereocenters. The van der Waals surface area contributed by atoms with Crippen molar-refractivity contribution in [1.82, 2.24) is 10.2 Å². The molecule has 0 aliphatic carbocycles. The van der Waals surface area contributed by atoms with Crippen LogP contribution in [0.3, 0.4) is 0 Å². The highest BCUT2D eigenvalue weighted by Gasteiger charge is 2.32. The lowest BCUT2D eigenvalue weighted by Gasteiger charge is -2.37. The predicted molar refractivity (Wildman–Crippen MR) is 120 cm³/mol. The molecule has 0 aromatic heterocycles. The Morgan fingerprint density at radius 2 is 2.10 bits per heavy atom. The van der Waals surface area contributed by atoms with Crippen molar-refractivity contribution in [1.29, 1.82) is 0 Å². The van der Waals surface area contributed by atoms with Gasteiger partial charge in [-0.15, -0.1) is 0 Å². The third-order valence-corrected chi connectivity index (χ3v) is 5.32. The zero-order chi connectivity index (χ0) is 21.3. The molecule has 1 aromatic carbocycles. The fraction of sp³-hybridized carbons (Fsp3) is 0.652. The number of amides is 1. The smallest absolute Gasteiger partial charge is 0.224 e. The fourth-order valence-electron chi connectivity index (χ4n) is 3.91. The molecule has 7 nitrogen and oxygen atoms in total. The van der Waals surface area contributed by atoms with Crippen molar-refractivity contribution in [3.8, 4) is 0 Å². The third-order valence-electron chi connectivity index (χ3n) is 5.32. The van der Waals surface area contributed by atoms with Crippen molar-refractivity contribution < 1.29 is 14.3 Å². The average Bonchev–Trinajstić information content (AvgIpc) is 3.26. The summed E-state index contributed by atoms with van der Waals surface area (Å²) in [6, 6.07) is 7.93. The molecule has 1 amide bonds. The molecule has 0 bridgehead atoms. The summed E-state index contributed by atoms with van der Waals surface area (Å²) in [5.41, 5.74) is 1.89. The number of carbonyl (C=O) groups is 1. The lowest BCUT2D eigenvalue weighted by Crippen LogP contribution is -2.53. The molecule has 166 valence electrons. The van der Waals surface area contributed by atoms with Crippen molar-refractivity contribution >= 4 is 17.6 Å². The van der Waals surface area contributed by atoms with Gasteiger partial charge in [-0.05, 0) is 43.4 Å². The largest absolute Gasteiger partial charge is 0.375 e. The maximum atomic E-state index is 12.1. The number of benzene rings is 1. The number of ether oxygens (including phenoxy) is 2. The Kier molecular flexibility index (Phi) is 8.51. The van der Waals surface area contributed by atoms with Crippen LogP contribution in [0.2, 0.25) is 0 Å². The number of anilines is 1. The zero-order valence-electron chi connectivity index (χ0n) is 18.5. The minimum atomic E-state index is 0.0486. The molecule has 0 spiro atoms. The van der Waals surface area contributed by atoms with Gasteiger partial charge in [0.15, 0.2) is 5.96 Å². The lowest BCUT2D eigenvalue weighted by atomic mass is 10.1. The zero-order valence-corrected chi connectivity index (χ0v) is 18.5. The average molecular weight is 417 g/mol. The summed E-state index contributed by atoms with van der Waals surface area (Å²) in [6.45, 7) is 10.7. The molecule has 3 rings (SSSR count). The van der Waals surface area contributed by atoms with E-state index in [1.54, 1.807) is 0 Å². The van der Waals surface area contributed by atoms with E-state index in [1.807, 2.05) is 38.1 Å². The van der Waals surface area contributed by atoms with Crippen LogP contribution in [0.4, 0.5) is 5.69 Å². The maximum absolute atomic E-state index is 12.1. The van der Waals surface area contributed by atoms with E-state index in [4.69, 9.17) is 14.5 Å². The van der Waals surface area contributed by atoms with E-state index in [9.17, 15) is 4.79 Å². The van der Waals surface area contributed by atoms with Gasteiger partial charge in [0.2, 0.25) is 5.91 Å². The van der Waals surface area contributed by atoms with Gasteiger partial charge in [-0.1, -0.05) is 26.0 Å². The van der Waals surface area contributed by atoms with E-state index in [-0.39, 0.29) is 18.1 Å². The van der Waals surface area contributed by atoms with E-state index in [0.29, 0.717) is 25.5 Å². The summed E-state index contributed by atoms with van der Waals surface area (Å²) >= 11 is 0. The van der Waals surface area contributed by atoms with Crippen LogP contribution >= 0.6 is 0 Å². The number of nitrogens with one attached hydrogen (secondary N) is 2. The first kappa shape index (κ1) is 22.6. The first-order valence-corrected chi connectivity index (χ1v) is 11.2. The number of hydrogen-bond acceptors (Lipinski definition) is 4. The van der Waals surface area contributed by atoms with E-state index < -0.39 is 0 Å². The molecule has 2 N–H and O–H groups in total. The normalized spacial score (nSPS) is 22.4. The molecule has 0 saturated carbocycles. The van der Waals surface area contributed by atoms with Gasteiger partial charge in [-0.25, -0.2) is 4.99 Å². The molecule has 2 aliphatic rings. The van der Waals surface area contributed by atoms with Gasteiger partial charge in [-0.2, -0.15) is 0 Å². The van der Waals surface area contributed by atoms with Gasteiger partial charge in [0, 0.05) is 38.3 Å². The molecule has 2 fully saturated rings. The standard InChI is InChI=1S/C23H36N4O3/c1-4-24-23(27-10-12-30-21(16-27)20-9-6-11-29-20)25-15-18-7-5-8-19(14-18)26-22(28)13-17(2)3/h5,7-8,14,17,20-21H,4,6,9-13,15-16H2,1-3H3,(H,24,25)(H,26,28). The van der Waals surface area contributed by atoms with Gasteiger partial charge in [0.1, 0.15) is 6.10 Å². The van der Waals surface area contributed by atoms with Crippen LogP contribution in [0.25, 0.3) is 0 Å². The summed E-state index contributed by atoms with van der Waals surface area (Å²) in [6.07, 6.45) is 3.01. The second kappa shape index (κ2) is 11.3. The second-order valence-corrected chi connectivity index (χ2v) is 8.42. The number of carbonyl (C=O) groups excluding carboxylic acids is 1. The Hall–Kier alpha value is -2.12. The van der Waals surface area contributed by atoms with E-state index in [0.717, 1.165) is 56.3 Å². The van der Waals surface area contributed by atoms with Crippen molar-refractivity contribution in [3.63, 3.8) is 0 Å². The van der Waals surface area contributed by atoms with Crippen LogP contribution < -0.4 is 10.6 Å². The maximum Gasteiger partial charge on any atom is 0.224 e. The summed E-state index contributed by atoms with van der Waals surface area (Å²) < 4.78 is 11.8. The molecule has 2 saturated heterocycles. The van der Waals surface area contributed by atoms with Crippen LogP contribution in [-0.4, -0.2) is 61.8 Å². The Morgan fingerprint density at radius 1 is 1.27 bits per heavy atom. The Morgan fingerprint density at radius 3 is 2.83 bits per heavy atom.